The molecule has 0 radical (unpaired) electrons. The predicted molar refractivity (Wildman–Crippen MR) is 284 cm³/mol. The monoisotopic (exact) mass is 1040 g/mol. The van der Waals surface area contributed by atoms with Crippen LogP contribution < -0.4 is 20.3 Å². The van der Waals surface area contributed by atoms with Gasteiger partial charge in [-0.25, -0.2) is 9.97 Å². The van der Waals surface area contributed by atoms with E-state index in [4.69, 9.17) is 21.3 Å². The van der Waals surface area contributed by atoms with E-state index in [1.54, 1.807) is 34.9 Å². The number of aromatic nitrogens is 5. The van der Waals surface area contributed by atoms with Crippen LogP contribution in [0.25, 0.3) is 15.4 Å². The Balaban J connectivity index is 0.780. The molecule has 9 rings (SSSR count). The molecule has 4 aromatic heterocycles. The number of likely N-dealkylation sites (tertiary alicyclic amines) is 1. The summed E-state index contributed by atoms with van der Waals surface area (Å²) in [6, 6.07) is 16.3. The molecule has 16 nitrogen and oxygen atoms in total. The van der Waals surface area contributed by atoms with E-state index >= 15 is 0 Å². The van der Waals surface area contributed by atoms with Crippen molar-refractivity contribution in [3.8, 4) is 21.2 Å². The van der Waals surface area contributed by atoms with Crippen molar-refractivity contribution in [2.24, 2.45) is 16.3 Å². The Labute approximate surface area is 438 Å². The standard InChI is InChI=1S/C54H61ClN10O6S2/c1-29-32(4)73-53-46(29)47(36-13-15-38(55)16-14-36)59-42(50-62-61-33(5)65(50)53)22-39(66)21-34-19-20-63(25-34)44-18-17-41(24-56-44)71-27-45(68)60-49(54(6,7)8)52(70)64-26-40(67)23-43(64)51(69)58-30(2)35-9-11-37(12-10-35)48-31(3)57-28-72-48/h9-18,24,28,30,34,40,42-43,49,67H,19-23,25-27H2,1-8H3,(H,58,69)(H,60,68)/t30-,34+,40+,42-,43-,49+/m0/s1. The Morgan fingerprint density at radius 1 is 0.918 bits per heavy atom. The van der Waals surface area contributed by atoms with Gasteiger partial charge in [0.2, 0.25) is 11.8 Å². The van der Waals surface area contributed by atoms with Crippen LogP contribution in [0.3, 0.4) is 0 Å². The van der Waals surface area contributed by atoms with Crippen LogP contribution in [-0.2, 0) is 19.2 Å². The number of nitrogens with one attached hydrogen (secondary N) is 2. The summed E-state index contributed by atoms with van der Waals surface area (Å²) < 4.78 is 7.92. The summed E-state index contributed by atoms with van der Waals surface area (Å²) in [7, 11) is 0. The molecule has 0 aliphatic carbocycles. The number of hydrogen-bond acceptors (Lipinski definition) is 14. The van der Waals surface area contributed by atoms with Gasteiger partial charge in [-0.2, -0.15) is 0 Å². The number of pyridine rings is 1. The first kappa shape index (κ1) is 51.6. The third-order valence-electron chi connectivity index (χ3n) is 14.1. The van der Waals surface area contributed by atoms with E-state index in [-0.39, 0.29) is 49.6 Å². The molecule has 3 N–H and O–H groups in total. The number of ether oxygens (including phenoxy) is 1. The van der Waals surface area contributed by atoms with Crippen LogP contribution in [0.2, 0.25) is 5.02 Å². The number of rotatable bonds is 15. The maximum Gasteiger partial charge on any atom is 0.258 e. The summed E-state index contributed by atoms with van der Waals surface area (Å²) >= 11 is 9.54. The highest BCUT2D eigenvalue weighted by Crippen LogP contribution is 2.40. The minimum Gasteiger partial charge on any atom is -0.482 e. The van der Waals surface area contributed by atoms with Crippen LogP contribution in [0.1, 0.15) is 110 Å². The second kappa shape index (κ2) is 21.2. The zero-order valence-corrected chi connectivity index (χ0v) is 44.7. The van der Waals surface area contributed by atoms with E-state index in [2.05, 4.69) is 54.1 Å². The molecule has 3 aliphatic heterocycles. The number of aliphatic hydroxyl groups is 1. The molecular formula is C54H61ClN10O6S2. The molecule has 19 heteroatoms. The van der Waals surface area contributed by atoms with E-state index in [1.165, 1.54) is 9.78 Å². The van der Waals surface area contributed by atoms with Crippen LogP contribution in [0.4, 0.5) is 5.82 Å². The molecule has 7 heterocycles. The number of carbonyl (C=O) groups is 4. The van der Waals surface area contributed by atoms with Crippen molar-refractivity contribution in [2.75, 3.05) is 31.1 Å². The lowest BCUT2D eigenvalue weighted by Gasteiger charge is -2.35. The van der Waals surface area contributed by atoms with Crippen LogP contribution in [0.5, 0.6) is 5.75 Å². The summed E-state index contributed by atoms with van der Waals surface area (Å²) in [5, 5.41) is 27.2. The van der Waals surface area contributed by atoms with Gasteiger partial charge in [0.05, 0.1) is 40.1 Å². The first-order valence-electron chi connectivity index (χ1n) is 24.6. The molecule has 0 unspecified atom stereocenters. The number of amides is 3. The van der Waals surface area contributed by atoms with Gasteiger partial charge in [0, 0.05) is 59.9 Å². The van der Waals surface area contributed by atoms with Crippen molar-refractivity contribution in [1.82, 2.24) is 40.3 Å². The second-order valence-electron chi connectivity index (χ2n) is 20.5. The zero-order valence-electron chi connectivity index (χ0n) is 42.3. The topological polar surface area (TPSA) is 197 Å². The number of aliphatic imine (C=N–C) groups is 1. The third-order valence-corrected chi connectivity index (χ3v) is 16.5. The highest BCUT2D eigenvalue weighted by molar-refractivity contribution is 7.15. The summed E-state index contributed by atoms with van der Waals surface area (Å²) in [5.41, 5.74) is 7.85. The number of thiophene rings is 1. The van der Waals surface area contributed by atoms with Gasteiger partial charge in [-0.3, -0.25) is 28.7 Å². The summed E-state index contributed by atoms with van der Waals surface area (Å²) in [6.07, 6.45) is 2.12. The third kappa shape index (κ3) is 11.1. The molecular weight excluding hydrogens is 984 g/mol. The number of Topliss-reactive ketones (excluding diaryl/α,β-unsaturated/α-hetero) is 1. The predicted octanol–water partition coefficient (Wildman–Crippen LogP) is 8.25. The molecule has 0 saturated carbocycles. The van der Waals surface area contributed by atoms with Crippen molar-refractivity contribution in [3.63, 3.8) is 0 Å². The molecule has 3 amide bonds. The van der Waals surface area contributed by atoms with Crippen molar-refractivity contribution >= 4 is 69.3 Å². The molecule has 2 fully saturated rings. The van der Waals surface area contributed by atoms with Gasteiger partial charge in [0.25, 0.3) is 5.91 Å². The van der Waals surface area contributed by atoms with Crippen molar-refractivity contribution in [2.45, 2.75) is 111 Å². The Kier molecular flexibility index (Phi) is 15.0. The van der Waals surface area contributed by atoms with E-state index in [1.807, 2.05) is 102 Å². The fourth-order valence-electron chi connectivity index (χ4n) is 9.97. The second-order valence-corrected chi connectivity index (χ2v) is 23.0. The van der Waals surface area contributed by atoms with E-state index in [9.17, 15) is 24.3 Å². The van der Waals surface area contributed by atoms with E-state index < -0.39 is 41.5 Å². The molecule has 6 aromatic rings. The molecule has 6 atom stereocenters. The molecule has 0 bridgehead atoms. The minimum atomic E-state index is -1.02. The zero-order chi connectivity index (χ0) is 51.9. The molecule has 2 aromatic carbocycles. The highest BCUT2D eigenvalue weighted by atomic mass is 35.5. The van der Waals surface area contributed by atoms with Crippen LogP contribution in [-0.4, -0.2) is 108 Å². The largest absolute Gasteiger partial charge is 0.482 e. The minimum absolute atomic E-state index is 0.0393. The number of anilines is 1. The number of benzene rings is 2. The van der Waals surface area contributed by atoms with Gasteiger partial charge in [0.1, 0.15) is 46.3 Å². The van der Waals surface area contributed by atoms with E-state index in [0.29, 0.717) is 29.6 Å². The van der Waals surface area contributed by atoms with Crippen LogP contribution >= 0.6 is 34.3 Å². The molecule has 3 aliphatic rings. The number of ketones is 1. The molecule has 0 spiro atoms. The molecule has 73 heavy (non-hydrogen) atoms. The number of aryl methyl sites for hydroxylation is 3. The number of halogens is 1. The van der Waals surface area contributed by atoms with Crippen molar-refractivity contribution < 1.29 is 29.0 Å². The first-order chi connectivity index (χ1) is 34.8. The molecule has 2 saturated heterocycles. The number of thiazole rings is 1. The van der Waals surface area contributed by atoms with E-state index in [0.717, 1.165) is 73.7 Å². The van der Waals surface area contributed by atoms with Gasteiger partial charge < -0.3 is 30.3 Å². The summed E-state index contributed by atoms with van der Waals surface area (Å²) in [4.78, 5) is 75.4. The summed E-state index contributed by atoms with van der Waals surface area (Å²) in [5.74, 6) is 1.34. The number of carbonyl (C=O) groups excluding carboxylic acids is 4. The van der Waals surface area contributed by atoms with Gasteiger partial charge >= 0.3 is 0 Å². The Hall–Kier alpha value is -6.34. The lowest BCUT2D eigenvalue weighted by Crippen LogP contribution is -2.58. The lowest BCUT2D eigenvalue weighted by molar-refractivity contribution is -0.144. The fraction of sp³-hybridized carbons (Fsp3) is 0.426. The maximum atomic E-state index is 14.2. The molecule has 382 valence electrons. The van der Waals surface area contributed by atoms with Gasteiger partial charge in [0.15, 0.2) is 12.4 Å². The van der Waals surface area contributed by atoms with Crippen LogP contribution in [0, 0.1) is 39.0 Å². The smallest absolute Gasteiger partial charge is 0.258 e. The number of fused-ring (bicyclic) bond motifs is 3. The quantitative estimate of drug-likeness (QED) is 0.0896. The fourth-order valence-corrected chi connectivity index (χ4v) is 12.1. The van der Waals surface area contributed by atoms with Crippen molar-refractivity contribution in [1.29, 1.82) is 0 Å². The normalized spacial score (nSPS) is 19.4. The number of aliphatic hydroxyl groups excluding tert-OH is 1. The average molecular weight is 1050 g/mol. The van der Waals surface area contributed by atoms with Gasteiger partial charge in [-0.15, -0.1) is 32.9 Å². The number of β-amino-alcohol motifs (C(OH)–C–C–N with tert-alkyl or cyclic N) is 1. The lowest BCUT2D eigenvalue weighted by atomic mass is 9.85. The van der Waals surface area contributed by atoms with Crippen molar-refractivity contribution in [3.05, 3.63) is 122 Å². The SMILES string of the molecule is Cc1ncsc1-c1ccc([C@H](C)NC(=O)[C@@H]2C[C@@H](O)CN2C(=O)[C@@H](NC(=O)COc2ccc(N3CC[C@H](CC(=O)C[C@@H]4N=C(c5ccc(Cl)cc5)c5c(sc(C)c5C)-n5c(C)nnc54)C3)nc2)C(C)(C)C)cc1. The summed E-state index contributed by atoms with van der Waals surface area (Å²) in [6.45, 7) is 16.4. The Bertz CT molecular complexity index is 3050. The first-order valence-corrected chi connectivity index (χ1v) is 26.7. The Morgan fingerprint density at radius 2 is 1.66 bits per heavy atom. The number of nitrogens with zero attached hydrogens (tertiary/aromatic N) is 8. The highest BCUT2D eigenvalue weighted by Gasteiger charge is 2.45. The van der Waals surface area contributed by atoms with Gasteiger partial charge in [-0.05, 0) is 93.3 Å². The number of hydrogen-bond donors (Lipinski definition) is 3. The van der Waals surface area contributed by atoms with Crippen LogP contribution in [0.15, 0.2) is 77.4 Å². The maximum absolute atomic E-state index is 14.2. The Morgan fingerprint density at radius 3 is 2.34 bits per heavy atom. The average Bonchev–Trinajstić information content (AvgIpc) is 4.20. The van der Waals surface area contributed by atoms with Gasteiger partial charge in [-0.1, -0.05) is 68.8 Å².